The zero-order chi connectivity index (χ0) is 23.9. The predicted molar refractivity (Wildman–Crippen MR) is 125 cm³/mol. The zero-order valence-corrected chi connectivity index (χ0v) is 20.1. The summed E-state index contributed by atoms with van der Waals surface area (Å²) in [6, 6.07) is 5.91. The van der Waals surface area contributed by atoms with Crippen molar-refractivity contribution < 1.29 is 23.9 Å². The summed E-state index contributed by atoms with van der Waals surface area (Å²) in [5, 5.41) is 6.28. The first kappa shape index (κ1) is 23.3. The van der Waals surface area contributed by atoms with Crippen LogP contribution < -0.4 is 10.6 Å². The van der Waals surface area contributed by atoms with Crippen LogP contribution in [0, 0.1) is 5.92 Å². The number of thiophene rings is 1. The Balaban J connectivity index is 1.54. The molecule has 0 spiro atoms. The van der Waals surface area contributed by atoms with Crippen LogP contribution in [0.1, 0.15) is 46.6 Å². The van der Waals surface area contributed by atoms with E-state index in [0.717, 1.165) is 34.6 Å². The maximum absolute atomic E-state index is 13.1. The van der Waals surface area contributed by atoms with Gasteiger partial charge in [0.2, 0.25) is 5.91 Å². The molecule has 2 heterocycles. The molecule has 8 nitrogen and oxygen atoms in total. The molecule has 1 saturated heterocycles. The molecule has 33 heavy (non-hydrogen) atoms. The molecule has 1 aliphatic heterocycles. The number of nitrogens with one attached hydrogen (secondary N) is 2. The normalized spacial score (nSPS) is 22.1. The van der Waals surface area contributed by atoms with E-state index in [0.29, 0.717) is 27.1 Å². The van der Waals surface area contributed by atoms with Crippen molar-refractivity contribution >= 4 is 51.8 Å². The van der Waals surface area contributed by atoms with Gasteiger partial charge in [-0.1, -0.05) is 30.7 Å². The average molecular weight is 490 g/mol. The average Bonchev–Trinajstić information content (AvgIpc) is 3.22. The highest BCUT2D eigenvalue weighted by Gasteiger charge is 2.49. The minimum atomic E-state index is -1.31. The van der Waals surface area contributed by atoms with Crippen LogP contribution in [-0.2, 0) is 32.7 Å². The van der Waals surface area contributed by atoms with Gasteiger partial charge in [-0.2, -0.15) is 0 Å². The molecule has 2 aromatic rings. The SMILES string of the molecule is COC(=O)c1c(NC(=O)CN2C(=O)NC(C)(c3ccc(Cl)cc3)C2=O)sc2c1CCC(C)C2. The van der Waals surface area contributed by atoms with Gasteiger partial charge < -0.3 is 15.4 Å². The highest BCUT2D eigenvalue weighted by molar-refractivity contribution is 7.17. The summed E-state index contributed by atoms with van der Waals surface area (Å²) in [4.78, 5) is 52.9. The van der Waals surface area contributed by atoms with Gasteiger partial charge in [0.05, 0.1) is 12.7 Å². The van der Waals surface area contributed by atoms with Gasteiger partial charge in [-0.3, -0.25) is 14.5 Å². The molecule has 0 saturated carbocycles. The molecule has 0 radical (unpaired) electrons. The number of halogens is 1. The third kappa shape index (κ3) is 4.22. The molecule has 10 heteroatoms. The lowest BCUT2D eigenvalue weighted by atomic mass is 9.88. The molecule has 1 aliphatic carbocycles. The minimum absolute atomic E-state index is 0.362. The number of nitrogens with zero attached hydrogens (tertiary/aromatic N) is 1. The molecule has 2 N–H and O–H groups in total. The number of benzene rings is 1. The molecule has 2 aliphatic rings. The first-order valence-corrected chi connectivity index (χ1v) is 11.8. The van der Waals surface area contributed by atoms with Gasteiger partial charge in [-0.15, -0.1) is 11.3 Å². The van der Waals surface area contributed by atoms with Crippen LogP contribution in [0.5, 0.6) is 0 Å². The lowest BCUT2D eigenvalue weighted by Gasteiger charge is -2.22. The van der Waals surface area contributed by atoms with E-state index in [1.165, 1.54) is 18.4 Å². The number of esters is 1. The summed E-state index contributed by atoms with van der Waals surface area (Å²) in [6.45, 7) is 3.25. The Morgan fingerprint density at radius 1 is 1.30 bits per heavy atom. The van der Waals surface area contributed by atoms with Crippen molar-refractivity contribution in [3.05, 3.63) is 50.9 Å². The van der Waals surface area contributed by atoms with Crippen molar-refractivity contribution in [1.82, 2.24) is 10.2 Å². The minimum Gasteiger partial charge on any atom is -0.465 e. The van der Waals surface area contributed by atoms with E-state index in [9.17, 15) is 19.2 Å². The van der Waals surface area contributed by atoms with Gasteiger partial charge in [0.1, 0.15) is 17.1 Å². The maximum atomic E-state index is 13.1. The van der Waals surface area contributed by atoms with Crippen LogP contribution in [0.25, 0.3) is 0 Å². The number of methoxy groups -OCH3 is 1. The van der Waals surface area contributed by atoms with Crippen molar-refractivity contribution in [1.29, 1.82) is 0 Å². The first-order chi connectivity index (χ1) is 15.6. The highest BCUT2D eigenvalue weighted by Crippen LogP contribution is 2.40. The van der Waals surface area contributed by atoms with Gasteiger partial charge in [0.25, 0.3) is 5.91 Å². The molecule has 1 fully saturated rings. The van der Waals surface area contributed by atoms with Crippen LogP contribution in [0.15, 0.2) is 24.3 Å². The first-order valence-electron chi connectivity index (χ1n) is 10.6. The fourth-order valence-electron chi connectivity index (χ4n) is 4.29. The number of amides is 4. The van der Waals surface area contributed by atoms with E-state index in [1.54, 1.807) is 31.2 Å². The van der Waals surface area contributed by atoms with E-state index < -0.39 is 35.9 Å². The van der Waals surface area contributed by atoms with E-state index in [1.807, 2.05) is 0 Å². The smallest absolute Gasteiger partial charge is 0.341 e. The van der Waals surface area contributed by atoms with Gasteiger partial charge >= 0.3 is 12.0 Å². The number of urea groups is 1. The second-order valence-corrected chi connectivity index (χ2v) is 10.1. The topological polar surface area (TPSA) is 105 Å². The molecule has 1 aromatic carbocycles. The molecule has 1 aromatic heterocycles. The fourth-order valence-corrected chi connectivity index (χ4v) is 5.83. The van der Waals surface area contributed by atoms with E-state index in [2.05, 4.69) is 17.6 Å². The van der Waals surface area contributed by atoms with Crippen molar-refractivity contribution in [2.75, 3.05) is 19.0 Å². The molecule has 174 valence electrons. The quantitative estimate of drug-likeness (QED) is 0.492. The Morgan fingerprint density at radius 2 is 2.00 bits per heavy atom. The maximum Gasteiger partial charge on any atom is 0.341 e. The molecule has 2 unspecified atom stereocenters. The number of hydrogen-bond donors (Lipinski definition) is 2. The second kappa shape index (κ2) is 8.79. The molecular formula is C23H24ClN3O5S. The Bertz CT molecular complexity index is 1150. The number of carbonyl (C=O) groups is 4. The number of anilines is 1. The Kier molecular flexibility index (Phi) is 6.20. The largest absolute Gasteiger partial charge is 0.465 e. The summed E-state index contributed by atoms with van der Waals surface area (Å²) in [6.07, 6.45) is 2.51. The molecule has 4 rings (SSSR count). The third-order valence-electron chi connectivity index (χ3n) is 6.15. The number of hydrogen-bond acceptors (Lipinski definition) is 6. The van der Waals surface area contributed by atoms with Gasteiger partial charge in [0.15, 0.2) is 0 Å². The van der Waals surface area contributed by atoms with Crippen molar-refractivity contribution in [3.63, 3.8) is 0 Å². The van der Waals surface area contributed by atoms with Crippen LogP contribution >= 0.6 is 22.9 Å². The standard InChI is InChI=1S/C23H24ClN3O5S/c1-12-4-9-15-16(10-12)33-19(18(15)20(29)32-3)25-17(28)11-27-21(30)23(2,26-22(27)31)13-5-7-14(24)8-6-13/h5-8,12H,4,9-11H2,1-3H3,(H,25,28)(H,26,31). The van der Waals surface area contributed by atoms with Crippen molar-refractivity contribution in [2.45, 2.75) is 38.6 Å². The molecule has 0 bridgehead atoms. The Hall–Kier alpha value is -2.91. The lowest BCUT2D eigenvalue weighted by Crippen LogP contribution is -2.42. The molecular weight excluding hydrogens is 466 g/mol. The lowest BCUT2D eigenvalue weighted by molar-refractivity contribution is -0.133. The number of imide groups is 1. The van der Waals surface area contributed by atoms with E-state index in [-0.39, 0.29) is 0 Å². The molecule has 2 atom stereocenters. The van der Waals surface area contributed by atoms with E-state index >= 15 is 0 Å². The van der Waals surface area contributed by atoms with Gasteiger partial charge in [0, 0.05) is 9.90 Å². The fraction of sp³-hybridized carbons (Fsp3) is 0.391. The number of ether oxygens (including phenoxy) is 1. The van der Waals surface area contributed by atoms with Gasteiger partial charge in [-0.05, 0) is 55.4 Å². The summed E-state index contributed by atoms with van der Waals surface area (Å²) < 4.78 is 4.94. The highest BCUT2D eigenvalue weighted by atomic mass is 35.5. The Morgan fingerprint density at radius 3 is 2.67 bits per heavy atom. The van der Waals surface area contributed by atoms with Crippen molar-refractivity contribution in [2.24, 2.45) is 5.92 Å². The summed E-state index contributed by atoms with van der Waals surface area (Å²) >= 11 is 7.27. The number of carbonyl (C=O) groups excluding carboxylic acids is 4. The number of rotatable bonds is 5. The Labute approximate surface area is 200 Å². The van der Waals surface area contributed by atoms with Crippen LogP contribution in [0.4, 0.5) is 9.80 Å². The van der Waals surface area contributed by atoms with Crippen molar-refractivity contribution in [3.8, 4) is 0 Å². The third-order valence-corrected chi connectivity index (χ3v) is 7.57. The summed E-state index contributed by atoms with van der Waals surface area (Å²) in [5.74, 6) is -1.14. The van der Waals surface area contributed by atoms with Crippen LogP contribution in [-0.4, -0.2) is 42.4 Å². The second-order valence-electron chi connectivity index (χ2n) is 8.55. The van der Waals surface area contributed by atoms with Crippen LogP contribution in [0.3, 0.4) is 0 Å². The predicted octanol–water partition coefficient (Wildman–Crippen LogP) is 3.72. The number of fused-ring (bicyclic) bond motifs is 1. The summed E-state index contributed by atoms with van der Waals surface area (Å²) in [5.41, 5.74) is 0.518. The molecule has 4 amide bonds. The summed E-state index contributed by atoms with van der Waals surface area (Å²) in [7, 11) is 1.30. The van der Waals surface area contributed by atoms with Gasteiger partial charge in [-0.25, -0.2) is 9.59 Å². The monoisotopic (exact) mass is 489 g/mol. The zero-order valence-electron chi connectivity index (χ0n) is 18.5. The van der Waals surface area contributed by atoms with E-state index in [4.69, 9.17) is 16.3 Å². The van der Waals surface area contributed by atoms with Crippen LogP contribution in [0.2, 0.25) is 5.02 Å².